The SMILES string of the molecule is CCNC(=NCc1ccoc1)NCC1CCCC1O.I. The van der Waals surface area contributed by atoms with E-state index in [0.29, 0.717) is 12.5 Å². The fourth-order valence-electron chi connectivity index (χ4n) is 2.38. The minimum atomic E-state index is -0.163. The molecular formula is C14H24IN3O2. The molecule has 5 nitrogen and oxygen atoms in total. The highest BCUT2D eigenvalue weighted by Crippen LogP contribution is 2.24. The Morgan fingerprint density at radius 2 is 2.30 bits per heavy atom. The van der Waals surface area contributed by atoms with Crippen molar-refractivity contribution >= 4 is 29.9 Å². The molecule has 0 bridgehead atoms. The third-order valence-electron chi connectivity index (χ3n) is 3.49. The zero-order valence-electron chi connectivity index (χ0n) is 11.8. The molecule has 0 amide bonds. The molecule has 0 spiro atoms. The molecule has 0 aliphatic heterocycles. The Morgan fingerprint density at radius 1 is 1.45 bits per heavy atom. The molecule has 1 aliphatic rings. The summed E-state index contributed by atoms with van der Waals surface area (Å²) in [5, 5.41) is 16.3. The number of nitrogens with zero attached hydrogens (tertiary/aromatic N) is 1. The van der Waals surface area contributed by atoms with E-state index in [-0.39, 0.29) is 30.1 Å². The lowest BCUT2D eigenvalue weighted by atomic mass is 10.1. The lowest BCUT2D eigenvalue weighted by molar-refractivity contribution is 0.134. The Balaban J connectivity index is 0.00000200. The minimum absolute atomic E-state index is 0. The summed E-state index contributed by atoms with van der Waals surface area (Å²) >= 11 is 0. The first-order valence-corrected chi connectivity index (χ1v) is 7.01. The number of aliphatic hydroxyl groups is 1. The van der Waals surface area contributed by atoms with Gasteiger partial charge < -0.3 is 20.2 Å². The lowest BCUT2D eigenvalue weighted by Crippen LogP contribution is -2.41. The van der Waals surface area contributed by atoms with Crippen LogP contribution in [0.3, 0.4) is 0 Å². The van der Waals surface area contributed by atoms with Gasteiger partial charge in [-0.1, -0.05) is 6.42 Å². The zero-order valence-corrected chi connectivity index (χ0v) is 14.2. The number of aliphatic imine (C=N–C) groups is 1. The van der Waals surface area contributed by atoms with Gasteiger partial charge >= 0.3 is 0 Å². The highest BCUT2D eigenvalue weighted by molar-refractivity contribution is 14.0. The largest absolute Gasteiger partial charge is 0.472 e. The Bertz CT molecular complexity index is 395. The molecule has 0 aromatic carbocycles. The third-order valence-corrected chi connectivity index (χ3v) is 3.49. The van der Waals surface area contributed by atoms with E-state index in [9.17, 15) is 5.11 Å². The molecule has 1 fully saturated rings. The second kappa shape index (κ2) is 9.23. The summed E-state index contributed by atoms with van der Waals surface area (Å²) in [6.45, 7) is 4.24. The quantitative estimate of drug-likeness (QED) is 0.407. The first-order chi connectivity index (χ1) is 9.29. The van der Waals surface area contributed by atoms with Crippen LogP contribution in [0.2, 0.25) is 0 Å². The second-order valence-corrected chi connectivity index (χ2v) is 4.97. The van der Waals surface area contributed by atoms with Crippen LogP contribution in [0, 0.1) is 5.92 Å². The Morgan fingerprint density at radius 3 is 2.90 bits per heavy atom. The van der Waals surface area contributed by atoms with Crippen molar-refractivity contribution in [2.24, 2.45) is 10.9 Å². The molecule has 0 saturated heterocycles. The molecule has 1 aromatic heterocycles. The van der Waals surface area contributed by atoms with Crippen molar-refractivity contribution < 1.29 is 9.52 Å². The van der Waals surface area contributed by atoms with Crippen LogP contribution < -0.4 is 10.6 Å². The van der Waals surface area contributed by atoms with Gasteiger partial charge in [-0.15, -0.1) is 24.0 Å². The van der Waals surface area contributed by atoms with Crippen molar-refractivity contribution in [1.29, 1.82) is 0 Å². The van der Waals surface area contributed by atoms with Crippen LogP contribution in [0.1, 0.15) is 31.7 Å². The fraction of sp³-hybridized carbons (Fsp3) is 0.643. The monoisotopic (exact) mass is 393 g/mol. The Hall–Kier alpha value is -0.760. The number of hydrogen-bond acceptors (Lipinski definition) is 3. The first-order valence-electron chi connectivity index (χ1n) is 7.01. The van der Waals surface area contributed by atoms with Crippen LogP contribution in [0.15, 0.2) is 28.0 Å². The maximum atomic E-state index is 9.80. The normalized spacial score (nSPS) is 22.4. The van der Waals surface area contributed by atoms with E-state index in [0.717, 1.165) is 43.9 Å². The molecule has 1 heterocycles. The molecule has 0 radical (unpaired) electrons. The molecule has 3 N–H and O–H groups in total. The van der Waals surface area contributed by atoms with Crippen molar-refractivity contribution in [3.05, 3.63) is 24.2 Å². The highest BCUT2D eigenvalue weighted by Gasteiger charge is 2.24. The highest BCUT2D eigenvalue weighted by atomic mass is 127. The van der Waals surface area contributed by atoms with Gasteiger partial charge in [-0.05, 0) is 25.8 Å². The van der Waals surface area contributed by atoms with Gasteiger partial charge in [0.15, 0.2) is 5.96 Å². The standard InChI is InChI=1S/C14H23N3O2.HI/c1-2-15-14(16-8-11-6-7-19-10-11)17-9-12-4-3-5-13(12)18;/h6-7,10,12-13,18H,2-5,8-9H2,1H3,(H2,15,16,17);1H. The maximum absolute atomic E-state index is 9.80. The number of furan rings is 1. The van der Waals surface area contributed by atoms with E-state index < -0.39 is 0 Å². The average Bonchev–Trinajstić information content (AvgIpc) is 3.04. The molecule has 1 aliphatic carbocycles. The number of nitrogens with one attached hydrogen (secondary N) is 2. The summed E-state index contributed by atoms with van der Waals surface area (Å²) in [6, 6.07) is 1.91. The van der Waals surface area contributed by atoms with Crippen LogP contribution >= 0.6 is 24.0 Å². The molecule has 2 atom stereocenters. The average molecular weight is 393 g/mol. The number of guanidine groups is 1. The molecule has 20 heavy (non-hydrogen) atoms. The molecule has 114 valence electrons. The number of hydrogen-bond donors (Lipinski definition) is 3. The van der Waals surface area contributed by atoms with Crippen LogP contribution in [-0.4, -0.2) is 30.3 Å². The van der Waals surface area contributed by atoms with Gasteiger partial charge in [-0.3, -0.25) is 0 Å². The predicted molar refractivity (Wildman–Crippen MR) is 90.3 cm³/mol. The van der Waals surface area contributed by atoms with Crippen molar-refractivity contribution in [3.8, 4) is 0 Å². The number of rotatable bonds is 5. The fourth-order valence-corrected chi connectivity index (χ4v) is 2.38. The lowest BCUT2D eigenvalue weighted by Gasteiger charge is -2.17. The summed E-state index contributed by atoms with van der Waals surface area (Å²) in [6.07, 6.45) is 6.33. The van der Waals surface area contributed by atoms with Gasteiger partial charge in [-0.25, -0.2) is 4.99 Å². The number of aliphatic hydroxyl groups excluding tert-OH is 1. The Labute approximate surface area is 137 Å². The van der Waals surface area contributed by atoms with Gasteiger partial charge in [0.25, 0.3) is 0 Å². The smallest absolute Gasteiger partial charge is 0.191 e. The van der Waals surface area contributed by atoms with Crippen molar-refractivity contribution in [2.45, 2.75) is 38.8 Å². The number of halogens is 1. The Kier molecular flexibility index (Phi) is 7.98. The van der Waals surface area contributed by atoms with Crippen LogP contribution in [0.4, 0.5) is 0 Å². The second-order valence-electron chi connectivity index (χ2n) is 4.97. The third kappa shape index (κ3) is 5.32. The molecule has 1 aromatic rings. The summed E-state index contributed by atoms with van der Waals surface area (Å²) < 4.78 is 5.02. The summed E-state index contributed by atoms with van der Waals surface area (Å²) in [7, 11) is 0. The van der Waals surface area contributed by atoms with Gasteiger partial charge in [0, 0.05) is 24.6 Å². The van der Waals surface area contributed by atoms with Gasteiger partial charge in [0.05, 0.1) is 25.2 Å². The van der Waals surface area contributed by atoms with Gasteiger partial charge in [-0.2, -0.15) is 0 Å². The minimum Gasteiger partial charge on any atom is -0.472 e. The summed E-state index contributed by atoms with van der Waals surface area (Å²) in [5.74, 6) is 1.14. The van der Waals surface area contributed by atoms with E-state index >= 15 is 0 Å². The zero-order chi connectivity index (χ0) is 13.5. The van der Waals surface area contributed by atoms with Crippen molar-refractivity contribution in [1.82, 2.24) is 10.6 Å². The van der Waals surface area contributed by atoms with Crippen molar-refractivity contribution in [2.75, 3.05) is 13.1 Å². The molecule has 2 unspecified atom stereocenters. The van der Waals surface area contributed by atoms with E-state index in [2.05, 4.69) is 15.6 Å². The van der Waals surface area contributed by atoms with E-state index in [1.807, 2.05) is 13.0 Å². The van der Waals surface area contributed by atoms with Crippen LogP contribution in [0.25, 0.3) is 0 Å². The van der Waals surface area contributed by atoms with Crippen molar-refractivity contribution in [3.63, 3.8) is 0 Å². The molecular weight excluding hydrogens is 369 g/mol. The molecule has 1 saturated carbocycles. The van der Waals surface area contributed by atoms with Crippen LogP contribution in [0.5, 0.6) is 0 Å². The summed E-state index contributed by atoms with van der Waals surface area (Å²) in [5.41, 5.74) is 1.05. The van der Waals surface area contributed by atoms with Gasteiger partial charge in [0.2, 0.25) is 0 Å². The topological polar surface area (TPSA) is 69.8 Å². The van der Waals surface area contributed by atoms with E-state index in [1.54, 1.807) is 12.5 Å². The van der Waals surface area contributed by atoms with E-state index in [4.69, 9.17) is 4.42 Å². The molecule has 2 rings (SSSR count). The van der Waals surface area contributed by atoms with Crippen LogP contribution in [-0.2, 0) is 6.54 Å². The van der Waals surface area contributed by atoms with Gasteiger partial charge in [0.1, 0.15) is 0 Å². The first kappa shape index (κ1) is 17.3. The maximum Gasteiger partial charge on any atom is 0.191 e. The molecule has 6 heteroatoms. The summed E-state index contributed by atoms with van der Waals surface area (Å²) in [4.78, 5) is 4.49. The van der Waals surface area contributed by atoms with E-state index in [1.165, 1.54) is 0 Å². The predicted octanol–water partition coefficient (Wildman–Crippen LogP) is 2.11.